The van der Waals surface area contributed by atoms with E-state index >= 15 is 0 Å². The highest BCUT2D eigenvalue weighted by molar-refractivity contribution is 5.89. The highest BCUT2D eigenvalue weighted by atomic mass is 16.2. The number of carbonyl (C=O) groups is 1. The summed E-state index contributed by atoms with van der Waals surface area (Å²) in [6, 6.07) is 7.20. The van der Waals surface area contributed by atoms with Crippen LogP contribution in [0.25, 0.3) is 10.9 Å². The van der Waals surface area contributed by atoms with E-state index in [0.29, 0.717) is 5.82 Å². The normalized spacial score (nSPS) is 9.81. The van der Waals surface area contributed by atoms with E-state index in [-0.39, 0.29) is 6.03 Å². The number of aromatic nitrogens is 2. The van der Waals surface area contributed by atoms with Crippen LogP contribution in [0.15, 0.2) is 30.6 Å². The van der Waals surface area contributed by atoms with Crippen LogP contribution in [0.3, 0.4) is 0 Å². The molecule has 0 atom stereocenters. The molecule has 2 amide bonds. The van der Waals surface area contributed by atoms with Crippen LogP contribution in [0.1, 0.15) is 0 Å². The van der Waals surface area contributed by atoms with E-state index in [1.807, 2.05) is 24.3 Å². The molecule has 0 aliphatic carbocycles. The molecular weight excluding hydrogens is 206 g/mol. The highest BCUT2D eigenvalue weighted by Crippen LogP contribution is 2.17. The average molecular weight is 217 g/mol. The zero-order valence-electron chi connectivity index (χ0n) is 8.69. The number of anilines is 1. The lowest BCUT2D eigenvalue weighted by Gasteiger charge is -2.08. The summed E-state index contributed by atoms with van der Waals surface area (Å²) in [5.74, 6) is 0.564. The summed E-state index contributed by atoms with van der Waals surface area (Å²) in [6.07, 6.45) is 1.44. The molecule has 0 saturated heterocycles. The average Bonchev–Trinajstić information content (AvgIpc) is 2.35. The summed E-state index contributed by atoms with van der Waals surface area (Å²) in [4.78, 5) is 19.2. The van der Waals surface area contributed by atoms with Gasteiger partial charge in [-0.25, -0.2) is 14.8 Å². The van der Waals surface area contributed by atoms with Crippen molar-refractivity contribution in [3.8, 4) is 0 Å². The molecule has 16 heavy (non-hydrogen) atoms. The molecule has 1 heterocycles. The van der Waals surface area contributed by atoms with Crippen molar-refractivity contribution in [3.05, 3.63) is 30.6 Å². The first-order chi connectivity index (χ1) is 7.81. The molecule has 2 rings (SSSR count). The zero-order chi connectivity index (χ0) is 11.4. The smallest absolute Gasteiger partial charge is 0.333 e. The number of benzene rings is 1. The lowest BCUT2D eigenvalue weighted by atomic mass is 10.2. The molecule has 0 aliphatic heterocycles. The number of hydrogen-bond donors (Lipinski definition) is 3. The van der Waals surface area contributed by atoms with Gasteiger partial charge in [-0.2, -0.15) is 0 Å². The van der Waals surface area contributed by atoms with Gasteiger partial charge in [-0.1, -0.05) is 12.1 Å². The Morgan fingerprint density at radius 3 is 2.88 bits per heavy atom. The van der Waals surface area contributed by atoms with Gasteiger partial charge < -0.3 is 5.32 Å². The third-order valence-electron chi connectivity index (χ3n) is 2.06. The Morgan fingerprint density at radius 1 is 1.25 bits per heavy atom. The largest absolute Gasteiger partial charge is 0.340 e. The monoisotopic (exact) mass is 217 g/mol. The van der Waals surface area contributed by atoms with Gasteiger partial charge in [-0.3, -0.25) is 10.9 Å². The van der Waals surface area contributed by atoms with Gasteiger partial charge in [0, 0.05) is 12.4 Å². The van der Waals surface area contributed by atoms with Gasteiger partial charge in [0.15, 0.2) is 5.82 Å². The Hall–Kier alpha value is -2.37. The second-order valence-corrected chi connectivity index (χ2v) is 3.07. The van der Waals surface area contributed by atoms with Crippen LogP contribution in [-0.2, 0) is 0 Å². The lowest BCUT2D eigenvalue weighted by molar-refractivity contribution is 0.245. The molecule has 6 heteroatoms. The van der Waals surface area contributed by atoms with Gasteiger partial charge in [-0.05, 0) is 12.1 Å². The van der Waals surface area contributed by atoms with Crippen molar-refractivity contribution >= 4 is 22.8 Å². The van der Waals surface area contributed by atoms with Crippen LogP contribution < -0.4 is 16.2 Å². The number of urea groups is 1. The highest BCUT2D eigenvalue weighted by Gasteiger charge is 2.02. The molecule has 0 aliphatic rings. The first kappa shape index (κ1) is 10.2. The summed E-state index contributed by atoms with van der Waals surface area (Å²) < 4.78 is 0. The lowest BCUT2D eigenvalue weighted by Crippen LogP contribution is -2.37. The van der Waals surface area contributed by atoms with Crippen molar-refractivity contribution in [2.75, 3.05) is 12.5 Å². The van der Waals surface area contributed by atoms with E-state index in [4.69, 9.17) is 0 Å². The van der Waals surface area contributed by atoms with Crippen molar-refractivity contribution in [2.45, 2.75) is 0 Å². The van der Waals surface area contributed by atoms with Crippen molar-refractivity contribution in [2.24, 2.45) is 0 Å². The molecule has 0 fully saturated rings. The molecule has 1 aromatic heterocycles. The molecule has 0 radical (unpaired) electrons. The minimum absolute atomic E-state index is 0.331. The Balaban J connectivity index is 2.27. The Bertz CT molecular complexity index is 508. The molecule has 0 spiro atoms. The molecule has 3 N–H and O–H groups in total. The maximum absolute atomic E-state index is 11.0. The third kappa shape index (κ3) is 2.00. The summed E-state index contributed by atoms with van der Waals surface area (Å²) in [7, 11) is 1.54. The molecular formula is C10H11N5O. The quantitative estimate of drug-likeness (QED) is 0.652. The van der Waals surface area contributed by atoms with Gasteiger partial charge in [0.2, 0.25) is 0 Å². The van der Waals surface area contributed by atoms with Crippen molar-refractivity contribution in [1.82, 2.24) is 20.7 Å². The number of rotatable bonds is 2. The van der Waals surface area contributed by atoms with E-state index in [9.17, 15) is 4.79 Å². The SMILES string of the molecule is CNC(=O)NNc1ncnc2ccccc12. The van der Waals surface area contributed by atoms with E-state index < -0.39 is 0 Å². The van der Waals surface area contributed by atoms with E-state index in [2.05, 4.69) is 26.1 Å². The minimum Gasteiger partial charge on any atom is -0.340 e. The van der Waals surface area contributed by atoms with Gasteiger partial charge in [0.25, 0.3) is 0 Å². The molecule has 1 aromatic carbocycles. The fourth-order valence-corrected chi connectivity index (χ4v) is 1.28. The van der Waals surface area contributed by atoms with Gasteiger partial charge in [-0.15, -0.1) is 0 Å². The summed E-state index contributed by atoms with van der Waals surface area (Å²) in [6.45, 7) is 0. The predicted octanol–water partition coefficient (Wildman–Crippen LogP) is 0.886. The van der Waals surface area contributed by atoms with Crippen molar-refractivity contribution < 1.29 is 4.79 Å². The van der Waals surface area contributed by atoms with E-state index in [1.54, 1.807) is 0 Å². The van der Waals surface area contributed by atoms with Crippen LogP contribution in [0.5, 0.6) is 0 Å². The first-order valence-electron chi connectivity index (χ1n) is 4.75. The van der Waals surface area contributed by atoms with Crippen LogP contribution in [0.4, 0.5) is 10.6 Å². The predicted molar refractivity (Wildman–Crippen MR) is 60.8 cm³/mol. The van der Waals surface area contributed by atoms with Crippen LogP contribution >= 0.6 is 0 Å². The fourth-order valence-electron chi connectivity index (χ4n) is 1.28. The van der Waals surface area contributed by atoms with E-state index in [0.717, 1.165) is 10.9 Å². The summed E-state index contributed by atoms with van der Waals surface area (Å²) in [5, 5.41) is 3.28. The minimum atomic E-state index is -0.331. The van der Waals surface area contributed by atoms with Crippen LogP contribution in [-0.4, -0.2) is 23.0 Å². The second-order valence-electron chi connectivity index (χ2n) is 3.07. The van der Waals surface area contributed by atoms with Crippen molar-refractivity contribution in [3.63, 3.8) is 0 Å². The fraction of sp³-hybridized carbons (Fsp3) is 0.100. The van der Waals surface area contributed by atoms with Gasteiger partial charge >= 0.3 is 6.03 Å². The maximum Gasteiger partial charge on any atom is 0.333 e. The van der Waals surface area contributed by atoms with Crippen molar-refractivity contribution in [1.29, 1.82) is 0 Å². The van der Waals surface area contributed by atoms with Gasteiger partial charge in [0.1, 0.15) is 6.33 Å². The molecule has 0 unspecified atom stereocenters. The van der Waals surface area contributed by atoms with Crippen LogP contribution in [0.2, 0.25) is 0 Å². The first-order valence-corrected chi connectivity index (χ1v) is 4.75. The zero-order valence-corrected chi connectivity index (χ0v) is 8.69. The molecule has 2 aromatic rings. The number of amides is 2. The molecule has 0 saturated carbocycles. The summed E-state index contributed by atoms with van der Waals surface area (Å²) >= 11 is 0. The standard InChI is InChI=1S/C10H11N5O/c1-11-10(16)15-14-9-7-4-2-3-5-8(7)12-6-13-9/h2-6H,1H3,(H2,11,15,16)(H,12,13,14). The number of hydrazine groups is 1. The number of fused-ring (bicyclic) bond motifs is 1. The topological polar surface area (TPSA) is 78.9 Å². The van der Waals surface area contributed by atoms with Crippen LogP contribution in [0, 0.1) is 0 Å². The molecule has 6 nitrogen and oxygen atoms in total. The number of hydrogen-bond acceptors (Lipinski definition) is 4. The number of carbonyl (C=O) groups excluding carboxylic acids is 1. The Kier molecular flexibility index (Phi) is 2.81. The van der Waals surface area contributed by atoms with E-state index in [1.165, 1.54) is 13.4 Å². The Labute approximate surface area is 92.1 Å². The Morgan fingerprint density at radius 2 is 2.06 bits per heavy atom. The molecule has 82 valence electrons. The summed E-state index contributed by atoms with van der Waals surface area (Å²) in [5.41, 5.74) is 5.99. The number of nitrogens with one attached hydrogen (secondary N) is 3. The second kappa shape index (κ2) is 4.43. The number of para-hydroxylation sites is 1. The van der Waals surface area contributed by atoms with Gasteiger partial charge in [0.05, 0.1) is 5.52 Å². The number of nitrogens with zero attached hydrogens (tertiary/aromatic N) is 2. The maximum atomic E-state index is 11.0. The third-order valence-corrected chi connectivity index (χ3v) is 2.06. The molecule has 0 bridgehead atoms.